The lowest BCUT2D eigenvalue weighted by molar-refractivity contribution is -0.119. The zero-order chi connectivity index (χ0) is 20.2. The highest BCUT2D eigenvalue weighted by atomic mass is 32.2. The number of aromatic nitrogens is 2. The maximum atomic E-state index is 12.4. The topological polar surface area (TPSA) is 68.0 Å². The smallest absolute Gasteiger partial charge is 0.277 e. The monoisotopic (exact) mass is 407 g/mol. The van der Waals surface area contributed by atoms with Gasteiger partial charge in [0.1, 0.15) is 0 Å². The van der Waals surface area contributed by atoms with Gasteiger partial charge in [-0.05, 0) is 68.4 Å². The molecule has 3 aromatic rings. The molecule has 1 aliphatic carbocycles. The highest BCUT2D eigenvalue weighted by Gasteiger charge is 2.16. The van der Waals surface area contributed by atoms with Crippen LogP contribution in [0.15, 0.2) is 52.1 Å². The third-order valence-corrected chi connectivity index (χ3v) is 6.10. The average Bonchev–Trinajstić information content (AvgIpc) is 3.21. The first-order valence-electron chi connectivity index (χ1n) is 10.0. The van der Waals surface area contributed by atoms with Crippen LogP contribution < -0.4 is 5.32 Å². The zero-order valence-corrected chi connectivity index (χ0v) is 17.6. The number of benzene rings is 2. The van der Waals surface area contributed by atoms with E-state index in [1.807, 2.05) is 38.1 Å². The highest BCUT2D eigenvalue weighted by molar-refractivity contribution is 7.99. The molecule has 0 aliphatic heterocycles. The van der Waals surface area contributed by atoms with E-state index in [1.54, 1.807) is 0 Å². The highest BCUT2D eigenvalue weighted by Crippen LogP contribution is 2.26. The van der Waals surface area contributed by atoms with Crippen molar-refractivity contribution in [2.24, 2.45) is 0 Å². The second-order valence-corrected chi connectivity index (χ2v) is 8.48. The molecule has 0 spiro atoms. The summed E-state index contributed by atoms with van der Waals surface area (Å²) < 4.78 is 5.67. The number of thioether (sulfide) groups is 1. The number of rotatable bonds is 6. The Morgan fingerprint density at radius 2 is 1.86 bits per heavy atom. The molecule has 1 N–H and O–H groups in total. The second-order valence-electron chi connectivity index (χ2n) is 7.55. The van der Waals surface area contributed by atoms with Crippen molar-refractivity contribution < 1.29 is 9.21 Å². The number of nitrogens with zero attached hydrogens (tertiary/aromatic N) is 2. The van der Waals surface area contributed by atoms with Crippen LogP contribution in [0.5, 0.6) is 0 Å². The van der Waals surface area contributed by atoms with Gasteiger partial charge >= 0.3 is 0 Å². The Hall–Kier alpha value is -2.60. The molecule has 1 amide bonds. The SMILES string of the molecule is Cc1ccc(-c2nnc(SCC(=O)N[C@H](C)c3ccc4c(c3)CCCC4)o2)cc1. The molecule has 0 bridgehead atoms. The predicted octanol–water partition coefficient (Wildman–Crippen LogP) is 4.89. The van der Waals surface area contributed by atoms with E-state index in [0.717, 1.165) is 17.5 Å². The minimum Gasteiger partial charge on any atom is -0.411 e. The van der Waals surface area contributed by atoms with Gasteiger partial charge in [0.25, 0.3) is 5.22 Å². The Morgan fingerprint density at radius 3 is 2.66 bits per heavy atom. The van der Waals surface area contributed by atoms with Crippen molar-refractivity contribution >= 4 is 17.7 Å². The number of hydrogen-bond acceptors (Lipinski definition) is 5. The van der Waals surface area contributed by atoms with Crippen molar-refractivity contribution in [2.75, 3.05) is 5.75 Å². The summed E-state index contributed by atoms with van der Waals surface area (Å²) in [6.45, 7) is 4.05. The van der Waals surface area contributed by atoms with E-state index in [4.69, 9.17) is 4.42 Å². The number of hydrogen-bond donors (Lipinski definition) is 1. The van der Waals surface area contributed by atoms with Crippen LogP contribution in [0.2, 0.25) is 0 Å². The maximum Gasteiger partial charge on any atom is 0.277 e. The molecule has 0 saturated carbocycles. The molecule has 1 atom stereocenters. The molecule has 0 saturated heterocycles. The summed E-state index contributed by atoms with van der Waals surface area (Å²) in [5.41, 5.74) is 6.09. The molecular formula is C23H25N3O2S. The number of fused-ring (bicyclic) bond motifs is 1. The summed E-state index contributed by atoms with van der Waals surface area (Å²) >= 11 is 1.25. The van der Waals surface area contributed by atoms with Crippen LogP contribution in [-0.2, 0) is 17.6 Å². The summed E-state index contributed by atoms with van der Waals surface area (Å²) in [5.74, 6) is 0.663. The number of nitrogens with one attached hydrogen (secondary N) is 1. The van der Waals surface area contributed by atoms with Crippen LogP contribution in [0.4, 0.5) is 0 Å². The van der Waals surface area contributed by atoms with Gasteiger partial charge in [0.2, 0.25) is 11.8 Å². The first kappa shape index (κ1) is 19.7. The van der Waals surface area contributed by atoms with Crippen LogP contribution in [0.3, 0.4) is 0 Å². The van der Waals surface area contributed by atoms with E-state index >= 15 is 0 Å². The first-order chi connectivity index (χ1) is 14.1. The van der Waals surface area contributed by atoms with Crippen LogP contribution >= 0.6 is 11.8 Å². The standard InChI is InChI=1S/C23H25N3O2S/c1-15-7-9-18(10-8-15)22-25-26-23(28-22)29-14-21(27)24-16(2)19-12-11-17-5-3-4-6-20(17)13-19/h7-13,16H,3-6,14H2,1-2H3,(H,24,27)/t16-/m1/s1. The lowest BCUT2D eigenvalue weighted by Crippen LogP contribution is -2.28. The van der Waals surface area contributed by atoms with Gasteiger partial charge in [-0.2, -0.15) is 0 Å². The van der Waals surface area contributed by atoms with E-state index < -0.39 is 0 Å². The van der Waals surface area contributed by atoms with E-state index in [-0.39, 0.29) is 17.7 Å². The number of carbonyl (C=O) groups is 1. The third-order valence-electron chi connectivity index (χ3n) is 5.28. The van der Waals surface area contributed by atoms with Gasteiger partial charge in [-0.15, -0.1) is 10.2 Å². The Kier molecular flexibility index (Phi) is 6.00. The van der Waals surface area contributed by atoms with E-state index in [9.17, 15) is 4.79 Å². The molecule has 1 aromatic heterocycles. The van der Waals surface area contributed by atoms with Crippen LogP contribution in [0.25, 0.3) is 11.5 Å². The van der Waals surface area contributed by atoms with Gasteiger partial charge in [-0.25, -0.2) is 0 Å². The number of carbonyl (C=O) groups excluding carboxylic acids is 1. The lowest BCUT2D eigenvalue weighted by atomic mass is 9.89. The van der Waals surface area contributed by atoms with Gasteiger partial charge in [-0.1, -0.05) is 47.7 Å². The minimum absolute atomic E-state index is 0.0267. The summed E-state index contributed by atoms with van der Waals surface area (Å²) in [6, 6.07) is 14.5. The Bertz CT molecular complexity index is 998. The van der Waals surface area contributed by atoms with E-state index in [2.05, 4.69) is 33.7 Å². The summed E-state index contributed by atoms with van der Waals surface area (Å²) in [4.78, 5) is 12.4. The lowest BCUT2D eigenvalue weighted by Gasteiger charge is -2.20. The van der Waals surface area contributed by atoms with Gasteiger partial charge in [0, 0.05) is 5.56 Å². The molecule has 0 fully saturated rings. The van der Waals surface area contributed by atoms with Crippen molar-refractivity contribution in [3.63, 3.8) is 0 Å². The summed E-state index contributed by atoms with van der Waals surface area (Å²) in [5, 5.41) is 11.6. The van der Waals surface area contributed by atoms with Gasteiger partial charge < -0.3 is 9.73 Å². The molecule has 2 aromatic carbocycles. The predicted molar refractivity (Wildman–Crippen MR) is 115 cm³/mol. The average molecular weight is 408 g/mol. The molecule has 150 valence electrons. The van der Waals surface area contributed by atoms with E-state index in [0.29, 0.717) is 11.1 Å². The number of aryl methyl sites for hydroxylation is 3. The molecule has 6 heteroatoms. The zero-order valence-electron chi connectivity index (χ0n) is 16.8. The molecule has 0 unspecified atom stereocenters. The van der Waals surface area contributed by atoms with Crippen molar-refractivity contribution in [1.29, 1.82) is 0 Å². The molecule has 1 aliphatic rings. The largest absolute Gasteiger partial charge is 0.411 e. The number of amides is 1. The molecular weight excluding hydrogens is 382 g/mol. The van der Waals surface area contributed by atoms with Crippen LogP contribution in [-0.4, -0.2) is 21.9 Å². The molecule has 4 rings (SSSR count). The molecule has 5 nitrogen and oxygen atoms in total. The minimum atomic E-state index is -0.0460. The van der Waals surface area contributed by atoms with Crippen molar-refractivity contribution in [3.8, 4) is 11.5 Å². The van der Waals surface area contributed by atoms with Gasteiger partial charge in [0.15, 0.2) is 0 Å². The Labute approximate surface area is 175 Å². The molecule has 29 heavy (non-hydrogen) atoms. The normalized spacial score (nSPS) is 14.3. The second kappa shape index (κ2) is 8.82. The fraction of sp³-hybridized carbons (Fsp3) is 0.348. The molecule has 0 radical (unpaired) electrons. The quantitative estimate of drug-likeness (QED) is 0.589. The maximum absolute atomic E-state index is 12.4. The Balaban J connectivity index is 1.31. The molecule has 1 heterocycles. The van der Waals surface area contributed by atoms with Crippen molar-refractivity contribution in [2.45, 2.75) is 50.8 Å². The summed E-state index contributed by atoms with van der Waals surface area (Å²) in [6.07, 6.45) is 4.83. The van der Waals surface area contributed by atoms with Gasteiger partial charge in [0.05, 0.1) is 11.8 Å². The van der Waals surface area contributed by atoms with Gasteiger partial charge in [-0.3, -0.25) is 4.79 Å². The van der Waals surface area contributed by atoms with Crippen LogP contribution in [0.1, 0.15) is 48.1 Å². The van der Waals surface area contributed by atoms with Crippen molar-refractivity contribution in [1.82, 2.24) is 15.5 Å². The van der Waals surface area contributed by atoms with E-state index in [1.165, 1.54) is 47.7 Å². The Morgan fingerprint density at radius 1 is 1.10 bits per heavy atom. The fourth-order valence-corrected chi connectivity index (χ4v) is 4.17. The van der Waals surface area contributed by atoms with Crippen LogP contribution in [0, 0.1) is 6.92 Å². The summed E-state index contributed by atoms with van der Waals surface area (Å²) in [7, 11) is 0. The van der Waals surface area contributed by atoms with Crippen molar-refractivity contribution in [3.05, 3.63) is 64.7 Å². The third kappa shape index (κ3) is 4.88. The fourth-order valence-electron chi connectivity index (χ4n) is 3.60. The first-order valence-corrected chi connectivity index (χ1v) is 11.0.